The van der Waals surface area contributed by atoms with Gasteiger partial charge in [-0.3, -0.25) is 9.69 Å². The van der Waals surface area contributed by atoms with Crippen molar-refractivity contribution in [1.29, 1.82) is 0 Å². The number of amides is 1. The molecule has 1 aliphatic rings. The first-order valence-electron chi connectivity index (χ1n) is 12.4. The molecule has 0 atom stereocenters. The number of nitrogens with zero attached hydrogens (tertiary/aromatic N) is 3. The summed E-state index contributed by atoms with van der Waals surface area (Å²) in [5.41, 5.74) is 5.19. The van der Waals surface area contributed by atoms with Gasteiger partial charge in [0.2, 0.25) is 0 Å². The van der Waals surface area contributed by atoms with Gasteiger partial charge in [-0.1, -0.05) is 12.1 Å². The smallest absolute Gasteiger partial charge is 0.335 e. The van der Waals surface area contributed by atoms with Gasteiger partial charge in [-0.15, -0.1) is 0 Å². The lowest BCUT2D eigenvalue weighted by Crippen LogP contribution is -2.28. The van der Waals surface area contributed by atoms with Crippen molar-refractivity contribution in [3.8, 4) is 11.4 Å². The van der Waals surface area contributed by atoms with Crippen LogP contribution in [0.5, 0.6) is 5.75 Å². The van der Waals surface area contributed by atoms with E-state index in [1.54, 1.807) is 48.4 Å². The fourth-order valence-corrected chi connectivity index (χ4v) is 5.48. The summed E-state index contributed by atoms with van der Waals surface area (Å²) in [5, 5.41) is 9.74. The Balaban J connectivity index is 1.51. The fraction of sp³-hybridized carbons (Fsp3) is 0.129. The molecule has 9 heteroatoms. The number of carbonyl (C=O) groups is 2. The summed E-state index contributed by atoms with van der Waals surface area (Å²) in [5.74, 6) is -0.815. The second kappa shape index (κ2) is 11.2. The number of aromatic carboxylic acids is 1. The van der Waals surface area contributed by atoms with E-state index in [0.29, 0.717) is 21.5 Å². The van der Waals surface area contributed by atoms with Crippen LogP contribution in [0.2, 0.25) is 0 Å². The van der Waals surface area contributed by atoms with Gasteiger partial charge in [-0.25, -0.2) is 14.2 Å². The standard InChI is InChI=1S/C31H26FN3O4S/c1-19-16-23(20(2)35(19)26-12-8-24(32)9-13-26)17-28-29(36)34(18-21-4-6-22(7-5-21)30(37)38)31(40-28)33-25-10-14-27(39-3)15-11-25/h4-17H,18H2,1-3H3,(H,37,38)/b28-17-,33-31?. The predicted molar refractivity (Wildman–Crippen MR) is 155 cm³/mol. The quantitative estimate of drug-likeness (QED) is 0.255. The first-order chi connectivity index (χ1) is 19.2. The summed E-state index contributed by atoms with van der Waals surface area (Å²) < 4.78 is 20.7. The molecular formula is C31H26FN3O4S. The summed E-state index contributed by atoms with van der Waals surface area (Å²) in [6.07, 6.45) is 1.85. The number of methoxy groups -OCH3 is 1. The molecule has 1 aromatic heterocycles. The predicted octanol–water partition coefficient (Wildman–Crippen LogP) is 6.74. The van der Waals surface area contributed by atoms with Crippen LogP contribution in [0.3, 0.4) is 0 Å². The number of thioether (sulfide) groups is 1. The maximum atomic E-state index is 13.7. The average molecular weight is 556 g/mol. The first-order valence-corrected chi connectivity index (χ1v) is 13.3. The van der Waals surface area contributed by atoms with Gasteiger partial charge < -0.3 is 14.4 Å². The van der Waals surface area contributed by atoms with Crippen molar-refractivity contribution in [3.63, 3.8) is 0 Å². The molecule has 1 saturated heterocycles. The van der Waals surface area contributed by atoms with E-state index >= 15 is 0 Å². The van der Waals surface area contributed by atoms with E-state index in [-0.39, 0.29) is 23.8 Å². The zero-order valence-corrected chi connectivity index (χ0v) is 22.9. The van der Waals surface area contributed by atoms with E-state index in [9.17, 15) is 19.1 Å². The van der Waals surface area contributed by atoms with Crippen molar-refractivity contribution in [2.75, 3.05) is 7.11 Å². The Morgan fingerprint density at radius 3 is 2.33 bits per heavy atom. The number of aliphatic imine (C=N–C) groups is 1. The molecule has 1 amide bonds. The molecular weight excluding hydrogens is 529 g/mol. The molecule has 1 N–H and O–H groups in total. The minimum atomic E-state index is -1.01. The number of hydrogen-bond acceptors (Lipinski definition) is 5. The van der Waals surface area contributed by atoms with Crippen LogP contribution in [0.15, 0.2) is 88.8 Å². The van der Waals surface area contributed by atoms with Crippen LogP contribution in [0.1, 0.15) is 32.9 Å². The summed E-state index contributed by atoms with van der Waals surface area (Å²) in [4.78, 5) is 31.8. The minimum Gasteiger partial charge on any atom is -0.497 e. The van der Waals surface area contributed by atoms with Crippen LogP contribution >= 0.6 is 11.8 Å². The van der Waals surface area contributed by atoms with E-state index in [1.807, 2.05) is 42.7 Å². The number of amidine groups is 1. The van der Waals surface area contributed by atoms with Crippen LogP contribution in [0.25, 0.3) is 11.8 Å². The number of carbonyl (C=O) groups excluding carboxylic acids is 1. The number of benzene rings is 3. The summed E-state index contributed by atoms with van der Waals surface area (Å²) in [7, 11) is 1.59. The van der Waals surface area contributed by atoms with Crippen molar-refractivity contribution in [1.82, 2.24) is 9.47 Å². The molecule has 0 radical (unpaired) electrons. The zero-order chi connectivity index (χ0) is 28.4. The Kier molecular flexibility index (Phi) is 7.57. The maximum Gasteiger partial charge on any atom is 0.335 e. The molecule has 202 valence electrons. The molecule has 0 bridgehead atoms. The molecule has 0 spiro atoms. The third kappa shape index (κ3) is 5.55. The fourth-order valence-electron chi connectivity index (χ4n) is 4.50. The number of rotatable bonds is 7. The number of halogens is 1. The van der Waals surface area contributed by atoms with Gasteiger partial charge in [0.1, 0.15) is 11.6 Å². The number of aromatic nitrogens is 1. The number of hydrogen-bond donors (Lipinski definition) is 1. The van der Waals surface area contributed by atoms with Gasteiger partial charge in [0, 0.05) is 17.1 Å². The first kappa shape index (κ1) is 27.0. The van der Waals surface area contributed by atoms with E-state index in [1.165, 1.54) is 36.0 Å². The van der Waals surface area contributed by atoms with Crippen molar-refractivity contribution in [3.05, 3.63) is 118 Å². The van der Waals surface area contributed by atoms with Gasteiger partial charge in [-0.05, 0) is 110 Å². The lowest BCUT2D eigenvalue weighted by Gasteiger charge is -2.16. The van der Waals surface area contributed by atoms with Crippen LogP contribution in [0, 0.1) is 19.7 Å². The van der Waals surface area contributed by atoms with Gasteiger partial charge >= 0.3 is 5.97 Å². The lowest BCUT2D eigenvalue weighted by atomic mass is 10.1. The summed E-state index contributed by atoms with van der Waals surface area (Å²) in [6, 6.07) is 22.0. The molecule has 1 aliphatic heterocycles. The second-order valence-corrected chi connectivity index (χ2v) is 10.2. The minimum absolute atomic E-state index is 0.176. The highest BCUT2D eigenvalue weighted by molar-refractivity contribution is 8.18. The van der Waals surface area contributed by atoms with Crippen LogP contribution < -0.4 is 4.74 Å². The molecule has 2 heterocycles. The monoisotopic (exact) mass is 555 g/mol. The van der Waals surface area contributed by atoms with Crippen LogP contribution in [-0.4, -0.2) is 38.7 Å². The van der Waals surface area contributed by atoms with Crippen molar-refractivity contribution in [2.24, 2.45) is 4.99 Å². The third-order valence-corrected chi connectivity index (χ3v) is 7.58. The molecule has 7 nitrogen and oxygen atoms in total. The Labute approximate surface area is 235 Å². The van der Waals surface area contributed by atoms with Gasteiger partial charge in [0.05, 0.1) is 29.8 Å². The molecule has 40 heavy (non-hydrogen) atoms. The number of carboxylic acid groups (broad SMARTS) is 1. The van der Waals surface area contributed by atoms with Gasteiger partial charge in [-0.2, -0.15) is 0 Å². The second-order valence-electron chi connectivity index (χ2n) is 9.23. The normalized spacial score (nSPS) is 15.3. The highest BCUT2D eigenvalue weighted by atomic mass is 32.2. The van der Waals surface area contributed by atoms with Gasteiger partial charge in [0.15, 0.2) is 5.17 Å². The third-order valence-electron chi connectivity index (χ3n) is 6.57. The van der Waals surface area contributed by atoms with E-state index in [0.717, 1.165) is 28.2 Å². The van der Waals surface area contributed by atoms with Crippen molar-refractivity contribution >= 4 is 40.6 Å². The highest BCUT2D eigenvalue weighted by Gasteiger charge is 2.34. The molecule has 0 unspecified atom stereocenters. The lowest BCUT2D eigenvalue weighted by molar-refractivity contribution is -0.122. The zero-order valence-electron chi connectivity index (χ0n) is 22.1. The van der Waals surface area contributed by atoms with E-state index in [4.69, 9.17) is 9.73 Å². The summed E-state index contributed by atoms with van der Waals surface area (Å²) in [6.45, 7) is 4.15. The van der Waals surface area contributed by atoms with Crippen LogP contribution in [0.4, 0.5) is 10.1 Å². The maximum absolute atomic E-state index is 13.7. The van der Waals surface area contributed by atoms with E-state index in [2.05, 4.69) is 0 Å². The molecule has 3 aromatic carbocycles. The summed E-state index contributed by atoms with van der Waals surface area (Å²) >= 11 is 1.28. The Morgan fingerprint density at radius 2 is 1.70 bits per heavy atom. The van der Waals surface area contributed by atoms with Crippen molar-refractivity contribution in [2.45, 2.75) is 20.4 Å². The van der Waals surface area contributed by atoms with Gasteiger partial charge in [0.25, 0.3) is 5.91 Å². The highest BCUT2D eigenvalue weighted by Crippen LogP contribution is 2.36. The number of ether oxygens (including phenoxy) is 1. The average Bonchev–Trinajstić information content (AvgIpc) is 3.39. The number of aryl methyl sites for hydroxylation is 1. The molecule has 5 rings (SSSR count). The largest absolute Gasteiger partial charge is 0.497 e. The van der Waals surface area contributed by atoms with Crippen molar-refractivity contribution < 1.29 is 23.8 Å². The SMILES string of the molecule is COc1ccc(N=C2S/C(=C\c3cc(C)n(-c4ccc(F)cc4)c3C)C(=O)N2Cc2ccc(C(=O)O)cc2)cc1. The molecule has 1 fully saturated rings. The Morgan fingerprint density at radius 1 is 1.02 bits per heavy atom. The molecule has 0 aliphatic carbocycles. The molecule has 0 saturated carbocycles. The molecule has 4 aromatic rings. The van der Waals surface area contributed by atoms with Crippen LogP contribution in [-0.2, 0) is 11.3 Å². The Bertz CT molecular complexity index is 1640. The number of carboxylic acids is 1. The topological polar surface area (TPSA) is 84.1 Å². The Hall–Kier alpha value is -4.63. The van der Waals surface area contributed by atoms with E-state index < -0.39 is 5.97 Å².